The van der Waals surface area contributed by atoms with E-state index < -0.39 is 36.2 Å². The van der Waals surface area contributed by atoms with Gasteiger partial charge in [0.15, 0.2) is 0 Å². The van der Waals surface area contributed by atoms with Crippen LogP contribution in [0.3, 0.4) is 0 Å². The standard InChI is InChI=1S/C36H34N2O8/c39-33(43-25-31(29-17-9-3-10-18-29)37-35(41)45-23-27-13-5-1-6-14-27)21-22-34(40)44-26-32(30-19-11-4-12-20-30)38-36(42)46-24-28-15-7-2-8-16-28/h1-22,31-32H,23-26H2,(H,37,41)(H,38,42)/b22-21+/t31-,32-/m1/s1. The number of esters is 2. The van der Waals surface area contributed by atoms with Crippen LogP contribution in [0.2, 0.25) is 0 Å². The second-order valence-corrected chi connectivity index (χ2v) is 9.93. The van der Waals surface area contributed by atoms with Crippen molar-refractivity contribution < 1.29 is 38.1 Å². The molecule has 0 aliphatic rings. The molecule has 0 saturated carbocycles. The van der Waals surface area contributed by atoms with Crippen molar-refractivity contribution in [1.29, 1.82) is 0 Å². The molecule has 4 rings (SSSR count). The predicted octanol–water partition coefficient (Wildman–Crippen LogP) is 5.96. The molecule has 46 heavy (non-hydrogen) atoms. The van der Waals surface area contributed by atoms with Gasteiger partial charge in [-0.05, 0) is 22.3 Å². The van der Waals surface area contributed by atoms with Crippen molar-refractivity contribution in [3.8, 4) is 0 Å². The van der Waals surface area contributed by atoms with Gasteiger partial charge in [-0.1, -0.05) is 121 Å². The van der Waals surface area contributed by atoms with Gasteiger partial charge in [-0.2, -0.15) is 0 Å². The minimum absolute atomic E-state index is 0.0777. The maximum absolute atomic E-state index is 12.5. The number of amides is 2. The van der Waals surface area contributed by atoms with Gasteiger partial charge >= 0.3 is 24.1 Å². The van der Waals surface area contributed by atoms with Gasteiger partial charge in [-0.15, -0.1) is 0 Å². The summed E-state index contributed by atoms with van der Waals surface area (Å²) >= 11 is 0. The molecule has 2 amide bonds. The maximum Gasteiger partial charge on any atom is 0.408 e. The zero-order chi connectivity index (χ0) is 32.4. The van der Waals surface area contributed by atoms with Gasteiger partial charge < -0.3 is 29.6 Å². The number of carbonyl (C=O) groups is 4. The first kappa shape index (κ1) is 33.0. The first-order valence-electron chi connectivity index (χ1n) is 14.5. The molecule has 236 valence electrons. The van der Waals surface area contributed by atoms with Crippen LogP contribution in [-0.4, -0.2) is 37.3 Å². The smallest absolute Gasteiger partial charge is 0.408 e. The molecule has 0 saturated heterocycles. The van der Waals surface area contributed by atoms with E-state index in [2.05, 4.69) is 10.6 Å². The van der Waals surface area contributed by atoms with Crippen molar-refractivity contribution >= 4 is 24.1 Å². The van der Waals surface area contributed by atoms with Gasteiger partial charge in [0, 0.05) is 12.2 Å². The summed E-state index contributed by atoms with van der Waals surface area (Å²) in [5, 5.41) is 5.41. The summed E-state index contributed by atoms with van der Waals surface area (Å²) in [6, 6.07) is 34.9. The molecule has 4 aromatic rings. The first-order chi connectivity index (χ1) is 22.5. The molecule has 0 fully saturated rings. The summed E-state index contributed by atoms with van der Waals surface area (Å²) in [7, 11) is 0. The van der Waals surface area contributed by atoms with E-state index in [1.807, 2.05) is 72.8 Å². The lowest BCUT2D eigenvalue weighted by molar-refractivity contribution is -0.141. The lowest BCUT2D eigenvalue weighted by Gasteiger charge is -2.19. The number of benzene rings is 4. The number of hydrogen-bond donors (Lipinski definition) is 2. The summed E-state index contributed by atoms with van der Waals surface area (Å²) in [6.07, 6.45) is 0.491. The summed E-state index contributed by atoms with van der Waals surface area (Å²) in [6.45, 7) is -0.274. The Morgan fingerprint density at radius 3 is 1.15 bits per heavy atom. The molecular weight excluding hydrogens is 588 g/mol. The van der Waals surface area contributed by atoms with Crippen LogP contribution >= 0.6 is 0 Å². The average Bonchev–Trinajstić information content (AvgIpc) is 3.10. The van der Waals surface area contributed by atoms with E-state index in [4.69, 9.17) is 18.9 Å². The van der Waals surface area contributed by atoms with E-state index in [0.29, 0.717) is 11.1 Å². The Morgan fingerprint density at radius 2 is 0.804 bits per heavy atom. The fourth-order valence-electron chi connectivity index (χ4n) is 4.19. The van der Waals surface area contributed by atoms with Crippen LogP contribution < -0.4 is 10.6 Å². The molecule has 4 aromatic carbocycles. The Hall–Kier alpha value is -5.90. The second-order valence-electron chi connectivity index (χ2n) is 9.93. The Kier molecular flexibility index (Phi) is 12.9. The molecule has 0 bridgehead atoms. The topological polar surface area (TPSA) is 129 Å². The summed E-state index contributed by atoms with van der Waals surface area (Å²) < 4.78 is 21.2. The van der Waals surface area contributed by atoms with Crippen LogP contribution in [0.5, 0.6) is 0 Å². The molecule has 0 heterocycles. The number of hydrogen-bond acceptors (Lipinski definition) is 8. The van der Waals surface area contributed by atoms with Crippen molar-refractivity contribution in [3.63, 3.8) is 0 Å². The molecule has 10 heteroatoms. The molecule has 0 radical (unpaired) electrons. The Labute approximate surface area is 266 Å². The lowest BCUT2D eigenvalue weighted by atomic mass is 10.1. The van der Waals surface area contributed by atoms with E-state index in [1.54, 1.807) is 48.5 Å². The van der Waals surface area contributed by atoms with Crippen molar-refractivity contribution in [2.45, 2.75) is 25.3 Å². The first-order valence-corrected chi connectivity index (χ1v) is 14.5. The van der Waals surface area contributed by atoms with E-state index in [-0.39, 0.29) is 26.4 Å². The van der Waals surface area contributed by atoms with Crippen molar-refractivity contribution in [2.24, 2.45) is 0 Å². The lowest BCUT2D eigenvalue weighted by Crippen LogP contribution is -2.32. The van der Waals surface area contributed by atoms with Crippen LogP contribution in [0, 0.1) is 0 Å². The van der Waals surface area contributed by atoms with Crippen molar-refractivity contribution in [3.05, 3.63) is 156 Å². The normalized spacial score (nSPS) is 11.9. The van der Waals surface area contributed by atoms with Gasteiger partial charge in [0.05, 0.1) is 12.1 Å². The molecule has 0 aromatic heterocycles. The van der Waals surface area contributed by atoms with Gasteiger partial charge in [0.25, 0.3) is 0 Å². The highest BCUT2D eigenvalue weighted by Gasteiger charge is 2.19. The zero-order valence-electron chi connectivity index (χ0n) is 25.0. The van der Waals surface area contributed by atoms with E-state index in [9.17, 15) is 19.2 Å². The molecule has 0 aliphatic carbocycles. The predicted molar refractivity (Wildman–Crippen MR) is 169 cm³/mol. The number of rotatable bonds is 14. The number of nitrogens with one attached hydrogen (secondary N) is 2. The fourth-order valence-corrected chi connectivity index (χ4v) is 4.19. The van der Waals surface area contributed by atoms with Crippen LogP contribution in [0.25, 0.3) is 0 Å². The number of alkyl carbamates (subject to hydrolysis) is 2. The molecule has 0 unspecified atom stereocenters. The van der Waals surface area contributed by atoms with E-state index in [0.717, 1.165) is 23.3 Å². The number of carbonyl (C=O) groups excluding carboxylic acids is 4. The monoisotopic (exact) mass is 622 g/mol. The molecule has 2 atom stereocenters. The molecule has 2 N–H and O–H groups in total. The molecule has 10 nitrogen and oxygen atoms in total. The highest BCUT2D eigenvalue weighted by atomic mass is 16.6. The Bertz CT molecular complexity index is 1450. The van der Waals surface area contributed by atoms with Crippen molar-refractivity contribution in [1.82, 2.24) is 10.6 Å². The molecular formula is C36H34N2O8. The molecule has 0 aliphatic heterocycles. The average molecular weight is 623 g/mol. The van der Waals surface area contributed by atoms with E-state index in [1.165, 1.54) is 0 Å². The van der Waals surface area contributed by atoms with Gasteiger partial charge in [-0.25, -0.2) is 19.2 Å². The third kappa shape index (κ3) is 11.6. The summed E-state index contributed by atoms with van der Waals surface area (Å²) in [5.41, 5.74) is 3.03. The highest BCUT2D eigenvalue weighted by molar-refractivity contribution is 5.91. The van der Waals surface area contributed by atoms with Crippen LogP contribution in [0.4, 0.5) is 9.59 Å². The minimum Gasteiger partial charge on any atom is -0.460 e. The second kappa shape index (κ2) is 18.0. The van der Waals surface area contributed by atoms with Gasteiger partial charge in [-0.3, -0.25) is 0 Å². The Balaban J connectivity index is 1.26. The summed E-state index contributed by atoms with van der Waals surface area (Å²) in [5.74, 6) is -1.64. The fraction of sp³-hybridized carbons (Fsp3) is 0.167. The van der Waals surface area contributed by atoms with Crippen LogP contribution in [0.15, 0.2) is 133 Å². The highest BCUT2D eigenvalue weighted by Crippen LogP contribution is 2.15. The third-order valence-corrected chi connectivity index (χ3v) is 6.55. The number of ether oxygens (including phenoxy) is 4. The van der Waals surface area contributed by atoms with Gasteiger partial charge in [0.1, 0.15) is 26.4 Å². The maximum atomic E-state index is 12.5. The largest absolute Gasteiger partial charge is 0.460 e. The SMILES string of the molecule is O=C(/C=C/C(=O)OC[C@@H](NC(=O)OCc1ccccc1)c1ccccc1)OC[C@@H](NC(=O)OCc1ccccc1)c1ccccc1. The minimum atomic E-state index is -0.820. The molecule has 0 spiro atoms. The van der Waals surface area contributed by atoms with Gasteiger partial charge in [0.2, 0.25) is 0 Å². The van der Waals surface area contributed by atoms with Crippen LogP contribution in [-0.2, 0) is 41.8 Å². The zero-order valence-corrected chi connectivity index (χ0v) is 25.0. The summed E-state index contributed by atoms with van der Waals surface area (Å²) in [4.78, 5) is 49.8. The van der Waals surface area contributed by atoms with E-state index >= 15 is 0 Å². The Morgan fingerprint density at radius 1 is 0.478 bits per heavy atom. The van der Waals surface area contributed by atoms with Crippen LogP contribution in [0.1, 0.15) is 34.3 Å². The van der Waals surface area contributed by atoms with Crippen molar-refractivity contribution in [2.75, 3.05) is 13.2 Å². The third-order valence-electron chi connectivity index (χ3n) is 6.55. The quantitative estimate of drug-likeness (QED) is 0.100.